The first kappa shape index (κ1) is 15.3. The van der Waals surface area contributed by atoms with Gasteiger partial charge in [0, 0.05) is 19.2 Å². The standard InChI is InChI=1S/C17H20FNO2/c1-3-21-17-11-7-4-8-13(17)16(20)12-19(2)15-10-6-5-9-14(15)18/h4-11,16,20H,3,12H2,1-2H3. The second-order valence-corrected chi connectivity index (χ2v) is 4.82. The van der Waals surface area contributed by atoms with Crippen molar-refractivity contribution < 1.29 is 14.2 Å². The van der Waals surface area contributed by atoms with Gasteiger partial charge in [-0.15, -0.1) is 0 Å². The van der Waals surface area contributed by atoms with E-state index in [0.29, 0.717) is 23.6 Å². The summed E-state index contributed by atoms with van der Waals surface area (Å²) >= 11 is 0. The Labute approximate surface area is 124 Å². The largest absolute Gasteiger partial charge is 0.493 e. The van der Waals surface area contributed by atoms with Gasteiger partial charge in [0.15, 0.2) is 0 Å². The molecule has 0 aliphatic carbocycles. The Morgan fingerprint density at radius 1 is 1.14 bits per heavy atom. The van der Waals surface area contributed by atoms with Gasteiger partial charge in [-0.25, -0.2) is 4.39 Å². The Kier molecular flexibility index (Phi) is 5.17. The molecule has 0 heterocycles. The maximum absolute atomic E-state index is 13.7. The third-order valence-corrected chi connectivity index (χ3v) is 3.29. The molecule has 0 saturated heterocycles. The van der Waals surface area contributed by atoms with E-state index in [1.54, 1.807) is 30.1 Å². The number of hydrogen-bond donors (Lipinski definition) is 1. The fraction of sp³-hybridized carbons (Fsp3) is 0.294. The highest BCUT2D eigenvalue weighted by molar-refractivity contribution is 5.47. The zero-order valence-electron chi connectivity index (χ0n) is 12.3. The molecule has 1 atom stereocenters. The monoisotopic (exact) mass is 289 g/mol. The minimum atomic E-state index is -0.752. The summed E-state index contributed by atoms with van der Waals surface area (Å²) < 4.78 is 19.3. The lowest BCUT2D eigenvalue weighted by Gasteiger charge is -2.24. The minimum Gasteiger partial charge on any atom is -0.493 e. The van der Waals surface area contributed by atoms with E-state index < -0.39 is 6.10 Å². The predicted molar refractivity (Wildman–Crippen MR) is 82.2 cm³/mol. The van der Waals surface area contributed by atoms with Crippen molar-refractivity contribution in [2.75, 3.05) is 25.1 Å². The van der Waals surface area contributed by atoms with Gasteiger partial charge in [-0.1, -0.05) is 30.3 Å². The maximum atomic E-state index is 13.7. The Morgan fingerprint density at radius 3 is 2.52 bits per heavy atom. The fourth-order valence-corrected chi connectivity index (χ4v) is 2.26. The van der Waals surface area contributed by atoms with Crippen LogP contribution >= 0.6 is 0 Å². The van der Waals surface area contributed by atoms with Crippen molar-refractivity contribution in [3.05, 3.63) is 59.9 Å². The van der Waals surface area contributed by atoms with Gasteiger partial charge < -0.3 is 14.7 Å². The maximum Gasteiger partial charge on any atom is 0.146 e. The highest BCUT2D eigenvalue weighted by Crippen LogP contribution is 2.27. The molecule has 0 radical (unpaired) electrons. The molecule has 0 saturated carbocycles. The van der Waals surface area contributed by atoms with Crippen molar-refractivity contribution in [1.29, 1.82) is 0 Å². The Hall–Kier alpha value is -2.07. The molecule has 3 nitrogen and oxygen atoms in total. The highest BCUT2D eigenvalue weighted by atomic mass is 19.1. The summed E-state index contributed by atoms with van der Waals surface area (Å²) in [6.45, 7) is 2.71. The molecular weight excluding hydrogens is 269 g/mol. The fourth-order valence-electron chi connectivity index (χ4n) is 2.26. The van der Waals surface area contributed by atoms with Crippen molar-refractivity contribution in [2.24, 2.45) is 0 Å². The summed E-state index contributed by atoms with van der Waals surface area (Å²) in [5.41, 5.74) is 1.17. The molecule has 4 heteroatoms. The van der Waals surface area contributed by atoms with E-state index in [4.69, 9.17) is 4.74 Å². The van der Waals surface area contributed by atoms with Gasteiger partial charge in [0.1, 0.15) is 11.6 Å². The van der Waals surface area contributed by atoms with Crippen molar-refractivity contribution in [3.63, 3.8) is 0 Å². The number of anilines is 1. The molecule has 112 valence electrons. The zero-order chi connectivity index (χ0) is 15.2. The second kappa shape index (κ2) is 7.09. The number of hydrogen-bond acceptors (Lipinski definition) is 3. The van der Waals surface area contributed by atoms with Crippen molar-refractivity contribution in [1.82, 2.24) is 0 Å². The first-order chi connectivity index (χ1) is 10.1. The summed E-state index contributed by atoms with van der Waals surface area (Å²) in [5.74, 6) is 0.361. The average molecular weight is 289 g/mol. The van der Waals surface area contributed by atoms with Gasteiger partial charge in [0.2, 0.25) is 0 Å². The third kappa shape index (κ3) is 3.73. The average Bonchev–Trinajstić information content (AvgIpc) is 2.48. The summed E-state index contributed by atoms with van der Waals surface area (Å²) in [7, 11) is 1.75. The third-order valence-electron chi connectivity index (χ3n) is 3.29. The van der Waals surface area contributed by atoms with Gasteiger partial charge in [-0.05, 0) is 25.1 Å². The summed E-state index contributed by atoms with van der Waals surface area (Å²) in [4.78, 5) is 1.70. The van der Waals surface area contributed by atoms with Crippen LogP contribution in [0.15, 0.2) is 48.5 Å². The van der Waals surface area contributed by atoms with E-state index in [1.165, 1.54) is 6.07 Å². The molecule has 2 rings (SSSR count). The zero-order valence-corrected chi connectivity index (χ0v) is 12.3. The molecular formula is C17H20FNO2. The number of nitrogens with zero attached hydrogens (tertiary/aromatic N) is 1. The van der Waals surface area contributed by atoms with Gasteiger partial charge in [-0.3, -0.25) is 0 Å². The molecule has 0 aliphatic heterocycles. The summed E-state index contributed by atoms with van der Waals surface area (Å²) in [6, 6.07) is 13.9. The van der Waals surface area contributed by atoms with E-state index >= 15 is 0 Å². The van der Waals surface area contributed by atoms with Crippen LogP contribution in [-0.4, -0.2) is 25.3 Å². The van der Waals surface area contributed by atoms with E-state index in [9.17, 15) is 9.50 Å². The smallest absolute Gasteiger partial charge is 0.146 e. The summed E-state index contributed by atoms with van der Waals surface area (Å²) in [5, 5.41) is 10.4. The Bertz CT molecular complexity index is 589. The first-order valence-corrected chi connectivity index (χ1v) is 6.99. The molecule has 0 aliphatic rings. The number of aliphatic hydroxyl groups excluding tert-OH is 1. The van der Waals surface area contributed by atoms with Crippen LogP contribution < -0.4 is 9.64 Å². The number of aliphatic hydroxyl groups is 1. The van der Waals surface area contributed by atoms with Crippen molar-refractivity contribution in [3.8, 4) is 5.75 Å². The molecule has 0 bridgehead atoms. The van der Waals surface area contributed by atoms with E-state index in [-0.39, 0.29) is 12.4 Å². The van der Waals surface area contributed by atoms with Crippen LogP contribution in [0, 0.1) is 5.82 Å². The van der Waals surface area contributed by atoms with Crippen LogP contribution in [0.25, 0.3) is 0 Å². The van der Waals surface area contributed by atoms with Crippen LogP contribution in [-0.2, 0) is 0 Å². The van der Waals surface area contributed by atoms with Gasteiger partial charge in [0.25, 0.3) is 0 Å². The number of rotatable bonds is 6. The molecule has 0 aromatic heterocycles. The van der Waals surface area contributed by atoms with Crippen LogP contribution in [0.2, 0.25) is 0 Å². The van der Waals surface area contributed by atoms with E-state index in [0.717, 1.165) is 0 Å². The molecule has 0 amide bonds. The number of halogens is 1. The van der Waals surface area contributed by atoms with Gasteiger partial charge in [0.05, 0.1) is 18.4 Å². The van der Waals surface area contributed by atoms with Crippen LogP contribution in [0.5, 0.6) is 5.75 Å². The molecule has 21 heavy (non-hydrogen) atoms. The normalized spacial score (nSPS) is 12.0. The minimum absolute atomic E-state index is 0.283. The Morgan fingerprint density at radius 2 is 1.81 bits per heavy atom. The second-order valence-electron chi connectivity index (χ2n) is 4.82. The van der Waals surface area contributed by atoms with E-state index in [1.807, 2.05) is 31.2 Å². The molecule has 1 unspecified atom stereocenters. The van der Waals surface area contributed by atoms with E-state index in [2.05, 4.69) is 0 Å². The Balaban J connectivity index is 2.14. The van der Waals surface area contributed by atoms with Crippen molar-refractivity contribution >= 4 is 5.69 Å². The van der Waals surface area contributed by atoms with Crippen LogP contribution in [0.4, 0.5) is 10.1 Å². The molecule has 0 spiro atoms. The molecule has 2 aromatic carbocycles. The van der Waals surface area contributed by atoms with Gasteiger partial charge in [-0.2, -0.15) is 0 Å². The van der Waals surface area contributed by atoms with Crippen molar-refractivity contribution in [2.45, 2.75) is 13.0 Å². The topological polar surface area (TPSA) is 32.7 Å². The van der Waals surface area contributed by atoms with Crippen LogP contribution in [0.3, 0.4) is 0 Å². The summed E-state index contributed by atoms with van der Waals surface area (Å²) in [6.07, 6.45) is -0.752. The molecule has 0 fully saturated rings. The van der Waals surface area contributed by atoms with Gasteiger partial charge >= 0.3 is 0 Å². The highest BCUT2D eigenvalue weighted by Gasteiger charge is 2.16. The number of benzene rings is 2. The number of para-hydroxylation sites is 2. The lowest BCUT2D eigenvalue weighted by molar-refractivity contribution is 0.178. The number of ether oxygens (including phenoxy) is 1. The first-order valence-electron chi connectivity index (χ1n) is 6.99. The lowest BCUT2D eigenvalue weighted by Crippen LogP contribution is -2.25. The number of likely N-dealkylation sites (N-methyl/N-ethyl adjacent to an activating group) is 1. The molecule has 1 N–H and O–H groups in total. The quantitative estimate of drug-likeness (QED) is 0.884. The lowest BCUT2D eigenvalue weighted by atomic mass is 10.1. The SMILES string of the molecule is CCOc1ccccc1C(O)CN(C)c1ccccc1F. The predicted octanol–water partition coefficient (Wildman–Crippen LogP) is 3.39. The molecule has 2 aromatic rings. The van der Waals surface area contributed by atoms with Crippen LogP contribution in [0.1, 0.15) is 18.6 Å².